The smallest absolute Gasteiger partial charge is 0.274 e. The van der Waals surface area contributed by atoms with Crippen LogP contribution in [0.4, 0.5) is 10.1 Å². The maximum atomic E-state index is 14.3. The molecule has 0 aliphatic carbocycles. The number of aliphatic hydroxyl groups excluding tert-OH is 1. The lowest BCUT2D eigenvalue weighted by Crippen LogP contribution is -2.28. The highest BCUT2D eigenvalue weighted by atomic mass is 35.5. The Morgan fingerprint density at radius 3 is 2.69 bits per heavy atom. The molecule has 0 bridgehead atoms. The van der Waals surface area contributed by atoms with Crippen molar-refractivity contribution in [2.24, 2.45) is 0 Å². The van der Waals surface area contributed by atoms with Crippen LogP contribution < -0.4 is 10.6 Å². The van der Waals surface area contributed by atoms with Crippen molar-refractivity contribution in [1.82, 2.24) is 14.7 Å². The molecule has 9 heteroatoms. The Morgan fingerprint density at radius 2 is 1.88 bits per heavy atom. The van der Waals surface area contributed by atoms with Gasteiger partial charge in [0.15, 0.2) is 0 Å². The summed E-state index contributed by atoms with van der Waals surface area (Å²) in [7, 11) is 0. The van der Waals surface area contributed by atoms with Crippen molar-refractivity contribution in [3.63, 3.8) is 0 Å². The molecule has 1 atom stereocenters. The molecule has 2 amide bonds. The van der Waals surface area contributed by atoms with Crippen LogP contribution in [0, 0.1) is 5.82 Å². The van der Waals surface area contributed by atoms with Crippen LogP contribution in [0.2, 0.25) is 5.02 Å². The summed E-state index contributed by atoms with van der Waals surface area (Å²) in [6, 6.07) is 15.6. The van der Waals surface area contributed by atoms with E-state index in [0.29, 0.717) is 16.2 Å². The summed E-state index contributed by atoms with van der Waals surface area (Å²) in [5.74, 6) is -1.81. The Labute approximate surface area is 187 Å². The Morgan fingerprint density at radius 1 is 1.09 bits per heavy atom. The van der Waals surface area contributed by atoms with Crippen LogP contribution in [0.3, 0.4) is 0 Å². The van der Waals surface area contributed by atoms with Crippen molar-refractivity contribution in [2.45, 2.75) is 6.10 Å². The second-order valence-electron chi connectivity index (χ2n) is 6.97. The molecule has 32 heavy (non-hydrogen) atoms. The van der Waals surface area contributed by atoms with E-state index >= 15 is 0 Å². The number of aromatic nitrogens is 2. The SMILES string of the molecule is O=C(NCC(O)c1ccccc1Cl)c1ccc(F)c(NC(=O)c2cnc3ccccn23)c1. The summed E-state index contributed by atoms with van der Waals surface area (Å²) in [6.07, 6.45) is 2.04. The number of nitrogens with zero attached hydrogens (tertiary/aromatic N) is 2. The number of aliphatic hydroxyl groups is 1. The first-order valence-electron chi connectivity index (χ1n) is 9.67. The van der Waals surface area contributed by atoms with E-state index in [1.54, 1.807) is 53.1 Å². The predicted octanol–water partition coefficient (Wildman–Crippen LogP) is 3.84. The Kier molecular flexibility index (Phi) is 6.16. The molecule has 0 aliphatic heterocycles. The number of nitrogens with one attached hydrogen (secondary N) is 2. The third-order valence-electron chi connectivity index (χ3n) is 4.85. The number of anilines is 1. The van der Waals surface area contributed by atoms with Gasteiger partial charge in [0.2, 0.25) is 0 Å². The van der Waals surface area contributed by atoms with Gasteiger partial charge in [0.25, 0.3) is 11.8 Å². The summed E-state index contributed by atoms with van der Waals surface area (Å²) >= 11 is 6.06. The molecular formula is C23H18ClFN4O3. The lowest BCUT2D eigenvalue weighted by molar-refractivity contribution is 0.0915. The van der Waals surface area contributed by atoms with Crippen molar-refractivity contribution in [2.75, 3.05) is 11.9 Å². The number of fused-ring (bicyclic) bond motifs is 1. The van der Waals surface area contributed by atoms with Crippen LogP contribution in [-0.2, 0) is 0 Å². The van der Waals surface area contributed by atoms with Crippen molar-refractivity contribution < 1.29 is 19.1 Å². The third kappa shape index (κ3) is 4.46. The summed E-state index contributed by atoms with van der Waals surface area (Å²) in [5, 5.41) is 15.7. The van der Waals surface area contributed by atoms with Gasteiger partial charge in [-0.15, -0.1) is 0 Å². The lowest BCUT2D eigenvalue weighted by atomic mass is 10.1. The number of benzene rings is 2. The molecule has 2 heterocycles. The zero-order valence-corrected chi connectivity index (χ0v) is 17.4. The van der Waals surface area contributed by atoms with Gasteiger partial charge in [-0.05, 0) is 36.4 Å². The summed E-state index contributed by atoms with van der Waals surface area (Å²) in [6.45, 7) is -0.0938. The first-order valence-corrected chi connectivity index (χ1v) is 10.1. The van der Waals surface area contributed by atoms with E-state index in [1.165, 1.54) is 18.3 Å². The van der Waals surface area contributed by atoms with Crippen LogP contribution in [0.25, 0.3) is 5.65 Å². The number of carbonyl (C=O) groups excluding carboxylic acids is 2. The van der Waals surface area contributed by atoms with E-state index in [2.05, 4.69) is 15.6 Å². The number of pyridine rings is 1. The van der Waals surface area contributed by atoms with Gasteiger partial charge in [-0.3, -0.25) is 14.0 Å². The molecule has 0 spiro atoms. The van der Waals surface area contributed by atoms with Crippen molar-refractivity contribution >= 4 is 34.7 Å². The van der Waals surface area contributed by atoms with Crippen molar-refractivity contribution in [3.05, 3.63) is 101 Å². The first kappa shape index (κ1) is 21.5. The quantitative estimate of drug-likeness (QED) is 0.414. The van der Waals surface area contributed by atoms with Crippen LogP contribution in [0.5, 0.6) is 0 Å². The molecule has 1 unspecified atom stereocenters. The van der Waals surface area contributed by atoms with E-state index in [0.717, 1.165) is 6.07 Å². The zero-order valence-electron chi connectivity index (χ0n) is 16.6. The molecular weight excluding hydrogens is 435 g/mol. The summed E-state index contributed by atoms with van der Waals surface area (Å²) in [5.41, 5.74) is 1.24. The number of hydrogen-bond donors (Lipinski definition) is 3. The van der Waals surface area contributed by atoms with Crippen molar-refractivity contribution in [1.29, 1.82) is 0 Å². The van der Waals surface area contributed by atoms with Gasteiger partial charge in [-0.25, -0.2) is 9.37 Å². The molecule has 2 aromatic heterocycles. The Hall–Kier alpha value is -3.75. The minimum Gasteiger partial charge on any atom is -0.387 e. The maximum absolute atomic E-state index is 14.3. The molecule has 4 aromatic rings. The molecule has 4 rings (SSSR count). The number of rotatable bonds is 6. The van der Waals surface area contributed by atoms with E-state index in [1.807, 2.05) is 0 Å². The second-order valence-corrected chi connectivity index (χ2v) is 7.38. The van der Waals surface area contributed by atoms with Crippen LogP contribution >= 0.6 is 11.6 Å². The number of amides is 2. The number of halogens is 2. The molecule has 3 N–H and O–H groups in total. The van der Waals surface area contributed by atoms with E-state index in [4.69, 9.17) is 11.6 Å². The van der Waals surface area contributed by atoms with E-state index < -0.39 is 23.7 Å². The molecule has 0 radical (unpaired) electrons. The average Bonchev–Trinajstić information content (AvgIpc) is 3.23. The molecule has 7 nitrogen and oxygen atoms in total. The van der Waals surface area contributed by atoms with Gasteiger partial charge >= 0.3 is 0 Å². The lowest BCUT2D eigenvalue weighted by Gasteiger charge is -2.14. The fourth-order valence-corrected chi connectivity index (χ4v) is 3.46. The Bertz CT molecular complexity index is 1310. The normalized spacial score (nSPS) is 11.8. The van der Waals surface area contributed by atoms with Gasteiger partial charge in [0, 0.05) is 28.9 Å². The van der Waals surface area contributed by atoms with Crippen LogP contribution in [-0.4, -0.2) is 32.9 Å². The first-order chi connectivity index (χ1) is 15.4. The highest BCUT2D eigenvalue weighted by molar-refractivity contribution is 6.31. The maximum Gasteiger partial charge on any atom is 0.274 e. The van der Waals surface area contributed by atoms with Crippen LogP contribution in [0.1, 0.15) is 32.5 Å². The second kappa shape index (κ2) is 9.17. The topological polar surface area (TPSA) is 95.7 Å². The van der Waals surface area contributed by atoms with Gasteiger partial charge in [-0.2, -0.15) is 0 Å². The van der Waals surface area contributed by atoms with Crippen LogP contribution in [0.15, 0.2) is 73.1 Å². The van der Waals surface area contributed by atoms with E-state index in [9.17, 15) is 19.1 Å². The predicted molar refractivity (Wildman–Crippen MR) is 118 cm³/mol. The molecule has 162 valence electrons. The largest absolute Gasteiger partial charge is 0.387 e. The Balaban J connectivity index is 1.46. The highest BCUT2D eigenvalue weighted by Gasteiger charge is 2.17. The van der Waals surface area contributed by atoms with Gasteiger partial charge in [0.1, 0.15) is 17.2 Å². The summed E-state index contributed by atoms with van der Waals surface area (Å²) < 4.78 is 15.9. The fraction of sp³-hybridized carbons (Fsp3) is 0.0870. The molecule has 0 saturated carbocycles. The fourth-order valence-electron chi connectivity index (χ4n) is 3.20. The standard InChI is InChI=1S/C23H18ClFN4O3/c24-16-6-2-1-5-15(16)20(30)13-27-22(31)14-8-9-17(25)18(11-14)28-23(32)19-12-26-21-7-3-4-10-29(19)21/h1-12,20,30H,13H2,(H,27,31)(H,28,32). The zero-order chi connectivity index (χ0) is 22.7. The van der Waals surface area contributed by atoms with Crippen molar-refractivity contribution in [3.8, 4) is 0 Å². The average molecular weight is 453 g/mol. The number of imidazole rings is 1. The minimum absolute atomic E-state index is 0.0938. The van der Waals surface area contributed by atoms with Gasteiger partial charge in [-0.1, -0.05) is 35.9 Å². The monoisotopic (exact) mass is 452 g/mol. The minimum atomic E-state index is -1.01. The molecule has 0 fully saturated rings. The number of hydrogen-bond acceptors (Lipinski definition) is 4. The summed E-state index contributed by atoms with van der Waals surface area (Å²) in [4.78, 5) is 29.3. The van der Waals surface area contributed by atoms with E-state index in [-0.39, 0.29) is 23.5 Å². The molecule has 2 aromatic carbocycles. The molecule has 0 saturated heterocycles. The van der Waals surface area contributed by atoms with Gasteiger partial charge < -0.3 is 15.7 Å². The molecule has 0 aliphatic rings. The highest BCUT2D eigenvalue weighted by Crippen LogP contribution is 2.22. The third-order valence-corrected chi connectivity index (χ3v) is 5.19. The number of carbonyl (C=O) groups is 2. The van der Waals surface area contributed by atoms with Gasteiger partial charge in [0.05, 0.1) is 18.0 Å².